The van der Waals surface area contributed by atoms with Gasteiger partial charge in [0.2, 0.25) is 0 Å². The maximum atomic E-state index is 8.60. The Labute approximate surface area is 266 Å². The van der Waals surface area contributed by atoms with Crippen LogP contribution in [0, 0.1) is 10.2 Å². The Morgan fingerprint density at radius 2 is 0.476 bits per heavy atom. The highest BCUT2D eigenvalue weighted by Gasteiger charge is 2.25. The van der Waals surface area contributed by atoms with Gasteiger partial charge in [0.1, 0.15) is 0 Å². The van der Waals surface area contributed by atoms with Crippen molar-refractivity contribution in [2.24, 2.45) is 0 Å². The Hall–Kier alpha value is 0.0900. The molecule has 256 valence electrons. The molecule has 0 saturated heterocycles. The van der Waals surface area contributed by atoms with Gasteiger partial charge in [-0.05, 0) is 51.4 Å². The van der Waals surface area contributed by atoms with Gasteiger partial charge in [0.25, 0.3) is 0 Å². The molecule has 0 fully saturated rings. The number of quaternary nitrogens is 1. The van der Waals surface area contributed by atoms with Crippen molar-refractivity contribution in [3.63, 3.8) is 0 Å². The van der Waals surface area contributed by atoms with Crippen LogP contribution in [0.1, 0.15) is 207 Å². The Morgan fingerprint density at radius 1 is 0.333 bits per heavy atom. The molecule has 0 unspecified atom stereocenters. The summed E-state index contributed by atoms with van der Waals surface area (Å²) in [7, 11) is -4.69. The summed E-state index contributed by atoms with van der Waals surface area (Å²) < 4.78 is 34.2. The molecule has 0 aromatic rings. The molecule has 42 heavy (non-hydrogen) atoms. The standard InChI is InChI=1S/C36H76N.ClHO4/c1-5-9-13-17-21-22-23-24-28-32-36-37(33-29-25-18-14-10-6-2,34-30-26-19-15-11-7-3)35-31-27-20-16-12-8-4;2-1(3,4)5/h5-36H2,1-4H3;(H,2,3,4,5)/q+1;. The summed E-state index contributed by atoms with van der Waals surface area (Å²) in [6, 6.07) is 0. The largest absolute Gasteiger partial charge is 0.324 e. The van der Waals surface area contributed by atoms with E-state index in [9.17, 15) is 0 Å². The average molecular weight is 623 g/mol. The van der Waals surface area contributed by atoms with Gasteiger partial charge in [-0.1, -0.05) is 156 Å². The number of unbranched alkanes of at least 4 members (excludes halogenated alkanes) is 24. The smallest absolute Gasteiger partial charge is 0.0786 e. The second kappa shape index (κ2) is 34.0. The minimum absolute atomic E-state index is 1.37. The first kappa shape index (κ1) is 44.2. The molecule has 0 aliphatic carbocycles. The summed E-state index contributed by atoms with van der Waals surface area (Å²) >= 11 is 0. The van der Waals surface area contributed by atoms with Crippen LogP contribution in [0.3, 0.4) is 0 Å². The molecular weight excluding hydrogens is 546 g/mol. The van der Waals surface area contributed by atoms with Crippen molar-refractivity contribution in [1.29, 1.82) is 0 Å². The highest BCUT2D eigenvalue weighted by molar-refractivity contribution is 4.55. The van der Waals surface area contributed by atoms with Crippen LogP contribution in [0.2, 0.25) is 0 Å². The van der Waals surface area contributed by atoms with Crippen molar-refractivity contribution < 1.29 is 33.4 Å². The summed E-state index contributed by atoms with van der Waals surface area (Å²) in [6.45, 7) is 15.3. The van der Waals surface area contributed by atoms with E-state index in [1.165, 1.54) is 210 Å². The van der Waals surface area contributed by atoms with Gasteiger partial charge in [-0.25, -0.2) is 0 Å². The lowest BCUT2D eigenvalue weighted by atomic mass is 10.0. The molecule has 0 radical (unpaired) electrons. The van der Waals surface area contributed by atoms with Gasteiger partial charge in [-0.2, -0.15) is 14.0 Å². The van der Waals surface area contributed by atoms with Gasteiger partial charge in [-0.15, -0.1) is 0 Å². The molecule has 0 saturated carbocycles. The molecule has 5 nitrogen and oxygen atoms in total. The molecule has 0 aromatic heterocycles. The van der Waals surface area contributed by atoms with Gasteiger partial charge in [-0.3, -0.25) is 0 Å². The van der Waals surface area contributed by atoms with Crippen LogP contribution in [0.25, 0.3) is 0 Å². The zero-order valence-corrected chi connectivity index (χ0v) is 29.9. The van der Waals surface area contributed by atoms with Crippen molar-refractivity contribution in [3.8, 4) is 0 Å². The molecular formula is C36H77ClNO4+. The normalized spacial score (nSPS) is 12.0. The molecule has 0 rings (SSSR count). The van der Waals surface area contributed by atoms with Crippen LogP contribution < -0.4 is 14.0 Å². The summed E-state index contributed by atoms with van der Waals surface area (Å²) in [5.74, 6) is 0. The molecule has 0 aromatic carbocycles. The molecule has 0 heterocycles. The van der Waals surface area contributed by atoms with Crippen molar-refractivity contribution in [3.05, 3.63) is 0 Å². The fraction of sp³-hybridized carbons (Fsp3) is 1.00. The van der Waals surface area contributed by atoms with E-state index in [4.69, 9.17) is 18.6 Å². The Balaban J connectivity index is 0. The fourth-order valence-corrected chi connectivity index (χ4v) is 6.29. The molecule has 0 aliphatic heterocycles. The average Bonchev–Trinajstić information content (AvgIpc) is 2.94. The summed E-state index contributed by atoms with van der Waals surface area (Å²) in [6.07, 6.45) is 40.7. The van der Waals surface area contributed by atoms with E-state index in [2.05, 4.69) is 27.7 Å². The van der Waals surface area contributed by atoms with Crippen LogP contribution >= 0.6 is 0 Å². The summed E-state index contributed by atoms with van der Waals surface area (Å²) in [4.78, 5) is 0. The van der Waals surface area contributed by atoms with E-state index in [-0.39, 0.29) is 0 Å². The first-order chi connectivity index (χ1) is 20.2. The maximum absolute atomic E-state index is 8.60. The van der Waals surface area contributed by atoms with Crippen LogP contribution in [-0.2, 0) is 0 Å². The molecule has 0 bridgehead atoms. The lowest BCUT2D eigenvalue weighted by molar-refractivity contribution is -1.92. The third-order valence-corrected chi connectivity index (χ3v) is 8.94. The quantitative estimate of drug-likeness (QED) is 0.0600. The number of hydrogen-bond donors (Lipinski definition) is 1. The number of nitrogens with zero attached hydrogens (tertiary/aromatic N) is 1. The van der Waals surface area contributed by atoms with Crippen LogP contribution in [0.5, 0.6) is 0 Å². The van der Waals surface area contributed by atoms with Crippen molar-refractivity contribution in [2.75, 3.05) is 26.2 Å². The van der Waals surface area contributed by atoms with Crippen molar-refractivity contribution >= 4 is 0 Å². The second-order valence-electron chi connectivity index (χ2n) is 13.1. The van der Waals surface area contributed by atoms with E-state index in [1.807, 2.05) is 0 Å². The van der Waals surface area contributed by atoms with E-state index in [0.29, 0.717) is 0 Å². The van der Waals surface area contributed by atoms with Gasteiger partial charge in [0.05, 0.1) is 41.1 Å². The number of hydrogen-bond acceptors (Lipinski definition) is 4. The predicted molar refractivity (Wildman–Crippen MR) is 174 cm³/mol. The Morgan fingerprint density at radius 3 is 0.643 bits per heavy atom. The first-order valence-corrected chi connectivity index (χ1v) is 20.0. The molecule has 0 spiro atoms. The van der Waals surface area contributed by atoms with Gasteiger partial charge in [0.15, 0.2) is 0 Å². The number of halogens is 1. The lowest BCUT2D eigenvalue weighted by Crippen LogP contribution is -2.58. The first-order valence-electron chi connectivity index (χ1n) is 18.7. The van der Waals surface area contributed by atoms with E-state index < -0.39 is 10.2 Å². The van der Waals surface area contributed by atoms with E-state index in [0.717, 1.165) is 0 Å². The van der Waals surface area contributed by atoms with Gasteiger partial charge < -0.3 is 4.48 Å². The van der Waals surface area contributed by atoms with Crippen LogP contribution in [0.15, 0.2) is 0 Å². The number of rotatable bonds is 32. The Kier molecular flexibility index (Phi) is 35.8. The second-order valence-corrected chi connectivity index (χ2v) is 13.9. The maximum Gasteiger partial charge on any atom is 0.0786 e. The highest BCUT2D eigenvalue weighted by atomic mass is 35.7. The van der Waals surface area contributed by atoms with E-state index >= 15 is 0 Å². The molecule has 0 atom stereocenters. The zero-order chi connectivity index (χ0) is 31.6. The third kappa shape index (κ3) is 38.1. The molecule has 0 aliphatic rings. The van der Waals surface area contributed by atoms with Crippen LogP contribution in [0.4, 0.5) is 0 Å². The van der Waals surface area contributed by atoms with Crippen molar-refractivity contribution in [2.45, 2.75) is 207 Å². The van der Waals surface area contributed by atoms with Crippen LogP contribution in [-0.4, -0.2) is 35.3 Å². The monoisotopic (exact) mass is 623 g/mol. The lowest BCUT2D eigenvalue weighted by Gasteiger charge is -2.40. The highest BCUT2D eigenvalue weighted by Crippen LogP contribution is 2.21. The minimum atomic E-state index is -4.69. The summed E-state index contributed by atoms with van der Waals surface area (Å²) in [5, 5.41) is 0. The minimum Gasteiger partial charge on any atom is -0.324 e. The van der Waals surface area contributed by atoms with Gasteiger partial charge >= 0.3 is 0 Å². The molecule has 6 heteroatoms. The Bertz CT molecular complexity index is 454. The zero-order valence-electron chi connectivity index (χ0n) is 29.1. The van der Waals surface area contributed by atoms with Crippen molar-refractivity contribution in [1.82, 2.24) is 0 Å². The molecule has 0 amide bonds. The van der Waals surface area contributed by atoms with E-state index in [1.54, 1.807) is 0 Å². The summed E-state index contributed by atoms with van der Waals surface area (Å²) in [5.41, 5.74) is 0. The third-order valence-electron chi connectivity index (χ3n) is 8.94. The van der Waals surface area contributed by atoms with Gasteiger partial charge in [0, 0.05) is 0 Å². The topological polar surface area (TPSA) is 89.4 Å². The fourth-order valence-electron chi connectivity index (χ4n) is 6.29. The predicted octanol–water partition coefficient (Wildman–Crippen LogP) is 8.68. The SMILES string of the molecule is CCCCCCCCCCCC[N+](CCCCCCCC)(CCCCCCCC)CCCCCCCC.[O-][Cl+3]([O-])([O-])O. The molecule has 1 N–H and O–H groups in total.